The molecule has 0 amide bonds. The van der Waals surface area contributed by atoms with Crippen LogP contribution >= 0.6 is 23.2 Å². The van der Waals surface area contributed by atoms with Crippen molar-refractivity contribution in [2.75, 3.05) is 5.43 Å². The first-order valence-corrected chi connectivity index (χ1v) is 8.21. The second-order valence-electron chi connectivity index (χ2n) is 5.45. The van der Waals surface area contributed by atoms with E-state index in [9.17, 15) is 0 Å². The van der Waals surface area contributed by atoms with Crippen LogP contribution in [0.2, 0.25) is 10.0 Å². The van der Waals surface area contributed by atoms with E-state index in [0.717, 1.165) is 33.2 Å². The summed E-state index contributed by atoms with van der Waals surface area (Å²) in [6.45, 7) is 3.90. The second kappa shape index (κ2) is 7.12. The van der Waals surface area contributed by atoms with Crippen molar-refractivity contribution < 1.29 is 4.42 Å². The van der Waals surface area contributed by atoms with Crippen molar-refractivity contribution in [3.63, 3.8) is 0 Å². The molecule has 1 heterocycles. The SMILES string of the molecule is Cc1ccc(-c2ccc(C=NNc3cccc(Cl)c3C)o2)cc1Cl. The summed E-state index contributed by atoms with van der Waals surface area (Å²) in [5.74, 6) is 1.39. The predicted octanol–water partition coefficient (Wildman–Crippen LogP) is 6.32. The average molecular weight is 359 g/mol. The Morgan fingerprint density at radius 1 is 1.00 bits per heavy atom. The molecule has 122 valence electrons. The van der Waals surface area contributed by atoms with Crippen molar-refractivity contribution in [1.29, 1.82) is 0 Å². The van der Waals surface area contributed by atoms with Gasteiger partial charge in [0.15, 0.2) is 0 Å². The average Bonchev–Trinajstić information content (AvgIpc) is 3.03. The van der Waals surface area contributed by atoms with Gasteiger partial charge in [-0.1, -0.05) is 41.4 Å². The summed E-state index contributed by atoms with van der Waals surface area (Å²) >= 11 is 12.2. The Morgan fingerprint density at radius 3 is 2.62 bits per heavy atom. The van der Waals surface area contributed by atoms with Gasteiger partial charge in [-0.25, -0.2) is 0 Å². The molecule has 0 saturated carbocycles. The van der Waals surface area contributed by atoms with Gasteiger partial charge >= 0.3 is 0 Å². The molecule has 0 unspecified atom stereocenters. The van der Waals surface area contributed by atoms with Gasteiger partial charge in [-0.3, -0.25) is 5.43 Å². The zero-order chi connectivity index (χ0) is 17.1. The molecule has 0 aliphatic rings. The van der Waals surface area contributed by atoms with Crippen LogP contribution in [0.1, 0.15) is 16.9 Å². The standard InChI is InChI=1S/C19H16Cl2N2O/c1-12-6-7-14(10-17(12)21)19-9-8-15(24-19)11-22-23-18-5-3-4-16(20)13(18)2/h3-11,23H,1-2H3. The molecule has 0 atom stereocenters. The highest BCUT2D eigenvalue weighted by atomic mass is 35.5. The van der Waals surface area contributed by atoms with Crippen LogP contribution in [0, 0.1) is 13.8 Å². The van der Waals surface area contributed by atoms with Crippen molar-refractivity contribution in [1.82, 2.24) is 0 Å². The number of rotatable bonds is 4. The van der Waals surface area contributed by atoms with Crippen molar-refractivity contribution in [2.24, 2.45) is 5.10 Å². The first kappa shape index (κ1) is 16.6. The number of hydrogen-bond donors (Lipinski definition) is 1. The Labute approximate surface area is 150 Å². The summed E-state index contributed by atoms with van der Waals surface area (Å²) in [5, 5.41) is 5.62. The fraction of sp³-hybridized carbons (Fsp3) is 0.105. The zero-order valence-corrected chi connectivity index (χ0v) is 14.8. The van der Waals surface area contributed by atoms with Crippen LogP contribution in [-0.4, -0.2) is 6.21 Å². The Bertz CT molecular complexity index is 900. The largest absolute Gasteiger partial charge is 0.455 e. The van der Waals surface area contributed by atoms with Crippen LogP contribution in [0.3, 0.4) is 0 Å². The molecule has 0 aliphatic carbocycles. The second-order valence-corrected chi connectivity index (χ2v) is 6.26. The minimum absolute atomic E-state index is 0.647. The molecule has 24 heavy (non-hydrogen) atoms. The van der Waals surface area contributed by atoms with Crippen LogP contribution in [0.4, 0.5) is 5.69 Å². The van der Waals surface area contributed by atoms with E-state index in [0.29, 0.717) is 10.8 Å². The quantitative estimate of drug-likeness (QED) is 0.437. The summed E-state index contributed by atoms with van der Waals surface area (Å²) in [6.07, 6.45) is 1.62. The van der Waals surface area contributed by atoms with E-state index in [1.807, 2.05) is 62.4 Å². The summed E-state index contributed by atoms with van der Waals surface area (Å²) in [7, 11) is 0. The molecule has 0 fully saturated rings. The molecule has 0 radical (unpaired) electrons. The number of nitrogens with zero attached hydrogens (tertiary/aromatic N) is 1. The van der Waals surface area contributed by atoms with Gasteiger partial charge in [0.2, 0.25) is 0 Å². The van der Waals surface area contributed by atoms with Gasteiger partial charge in [-0.05, 0) is 55.3 Å². The number of anilines is 1. The number of hydrazone groups is 1. The number of benzene rings is 2. The number of furan rings is 1. The summed E-state index contributed by atoms with van der Waals surface area (Å²) < 4.78 is 5.78. The lowest BCUT2D eigenvalue weighted by molar-refractivity contribution is 0.575. The Kier molecular flexibility index (Phi) is 4.93. The minimum Gasteiger partial charge on any atom is -0.455 e. The molecule has 5 heteroatoms. The zero-order valence-electron chi connectivity index (χ0n) is 13.3. The molecule has 0 aliphatic heterocycles. The smallest absolute Gasteiger partial charge is 0.147 e. The van der Waals surface area contributed by atoms with Gasteiger partial charge in [0.05, 0.1) is 11.9 Å². The topological polar surface area (TPSA) is 37.5 Å². The Hall–Kier alpha value is -2.23. The van der Waals surface area contributed by atoms with E-state index >= 15 is 0 Å². The molecule has 0 bridgehead atoms. The summed E-state index contributed by atoms with van der Waals surface area (Å²) in [6, 6.07) is 15.2. The van der Waals surface area contributed by atoms with Crippen molar-refractivity contribution in [2.45, 2.75) is 13.8 Å². The summed E-state index contributed by atoms with van der Waals surface area (Å²) in [4.78, 5) is 0. The molecule has 0 saturated heterocycles. The normalized spacial score (nSPS) is 11.2. The van der Waals surface area contributed by atoms with E-state index in [4.69, 9.17) is 27.6 Å². The van der Waals surface area contributed by atoms with Gasteiger partial charge in [0, 0.05) is 15.6 Å². The van der Waals surface area contributed by atoms with Gasteiger partial charge in [-0.2, -0.15) is 5.10 Å². The highest BCUT2D eigenvalue weighted by Gasteiger charge is 2.06. The van der Waals surface area contributed by atoms with E-state index < -0.39 is 0 Å². The van der Waals surface area contributed by atoms with Crippen LogP contribution in [0.5, 0.6) is 0 Å². The highest BCUT2D eigenvalue weighted by molar-refractivity contribution is 6.32. The lowest BCUT2D eigenvalue weighted by Crippen LogP contribution is -1.92. The third-order valence-electron chi connectivity index (χ3n) is 3.73. The fourth-order valence-electron chi connectivity index (χ4n) is 2.22. The van der Waals surface area contributed by atoms with Gasteiger partial charge in [-0.15, -0.1) is 0 Å². The molecule has 1 N–H and O–H groups in total. The lowest BCUT2D eigenvalue weighted by Gasteiger charge is -2.05. The molecular weight excluding hydrogens is 343 g/mol. The number of aryl methyl sites for hydroxylation is 1. The van der Waals surface area contributed by atoms with Gasteiger partial charge in [0.1, 0.15) is 11.5 Å². The lowest BCUT2D eigenvalue weighted by atomic mass is 10.1. The van der Waals surface area contributed by atoms with E-state index in [1.54, 1.807) is 6.21 Å². The molecule has 3 nitrogen and oxygen atoms in total. The van der Waals surface area contributed by atoms with Crippen LogP contribution in [-0.2, 0) is 0 Å². The molecule has 3 aromatic rings. The Morgan fingerprint density at radius 2 is 1.83 bits per heavy atom. The molecular formula is C19H16Cl2N2O. The maximum Gasteiger partial charge on any atom is 0.147 e. The van der Waals surface area contributed by atoms with E-state index in [1.165, 1.54) is 0 Å². The number of nitrogens with one attached hydrogen (secondary N) is 1. The van der Waals surface area contributed by atoms with Crippen molar-refractivity contribution >= 4 is 35.1 Å². The van der Waals surface area contributed by atoms with Crippen LogP contribution in [0.25, 0.3) is 11.3 Å². The third kappa shape index (κ3) is 3.64. The first-order chi connectivity index (χ1) is 11.5. The van der Waals surface area contributed by atoms with Crippen LogP contribution in [0.15, 0.2) is 58.0 Å². The van der Waals surface area contributed by atoms with Gasteiger partial charge < -0.3 is 4.42 Å². The molecule has 2 aromatic carbocycles. The number of hydrogen-bond acceptors (Lipinski definition) is 3. The third-order valence-corrected chi connectivity index (χ3v) is 4.54. The Balaban J connectivity index is 1.74. The van der Waals surface area contributed by atoms with Crippen LogP contribution < -0.4 is 5.43 Å². The maximum atomic E-state index is 6.16. The highest BCUT2D eigenvalue weighted by Crippen LogP contribution is 2.27. The first-order valence-electron chi connectivity index (χ1n) is 7.45. The number of halogens is 2. The minimum atomic E-state index is 0.647. The fourth-order valence-corrected chi connectivity index (χ4v) is 2.57. The molecule has 1 aromatic heterocycles. The van der Waals surface area contributed by atoms with Crippen molar-refractivity contribution in [3.8, 4) is 11.3 Å². The van der Waals surface area contributed by atoms with E-state index in [-0.39, 0.29) is 0 Å². The van der Waals surface area contributed by atoms with E-state index in [2.05, 4.69) is 10.5 Å². The molecule has 3 rings (SSSR count). The van der Waals surface area contributed by atoms with Gasteiger partial charge in [0.25, 0.3) is 0 Å². The van der Waals surface area contributed by atoms with Crippen molar-refractivity contribution in [3.05, 3.63) is 75.5 Å². The monoisotopic (exact) mass is 358 g/mol. The maximum absolute atomic E-state index is 6.16. The molecule has 0 spiro atoms. The predicted molar refractivity (Wildman–Crippen MR) is 101 cm³/mol. The summed E-state index contributed by atoms with van der Waals surface area (Å²) in [5.41, 5.74) is 6.75.